The fourth-order valence-electron chi connectivity index (χ4n) is 3.43. The molecule has 3 rings (SSSR count). The van der Waals surface area contributed by atoms with Gasteiger partial charge in [-0.15, -0.1) is 11.3 Å². The van der Waals surface area contributed by atoms with E-state index in [2.05, 4.69) is 24.1 Å². The van der Waals surface area contributed by atoms with Crippen molar-refractivity contribution in [1.82, 2.24) is 10.3 Å². The average Bonchev–Trinajstić information content (AvgIpc) is 3.30. The first-order valence-corrected chi connectivity index (χ1v) is 11.2. The number of esters is 1. The van der Waals surface area contributed by atoms with Gasteiger partial charge in [-0.25, -0.2) is 4.98 Å². The zero-order chi connectivity index (χ0) is 19.4. The number of thiazole rings is 1. The van der Waals surface area contributed by atoms with Gasteiger partial charge in [0.05, 0.1) is 12.1 Å². The van der Waals surface area contributed by atoms with Crippen LogP contribution in [0.25, 0.3) is 10.6 Å². The van der Waals surface area contributed by atoms with E-state index < -0.39 is 12.1 Å². The van der Waals surface area contributed by atoms with Crippen molar-refractivity contribution < 1.29 is 14.3 Å². The molecule has 0 unspecified atom stereocenters. The van der Waals surface area contributed by atoms with Gasteiger partial charge in [0, 0.05) is 22.4 Å². The molecule has 2 aromatic heterocycles. The van der Waals surface area contributed by atoms with Gasteiger partial charge in [-0.2, -0.15) is 11.3 Å². The van der Waals surface area contributed by atoms with E-state index in [9.17, 15) is 9.59 Å². The molecule has 2 heterocycles. The summed E-state index contributed by atoms with van der Waals surface area (Å²) >= 11 is 3.12. The van der Waals surface area contributed by atoms with Gasteiger partial charge in [-0.05, 0) is 36.6 Å². The maximum atomic E-state index is 12.4. The monoisotopic (exact) mass is 406 g/mol. The molecule has 146 valence electrons. The van der Waals surface area contributed by atoms with Crippen LogP contribution in [0, 0.1) is 11.8 Å². The van der Waals surface area contributed by atoms with Crippen LogP contribution in [-0.2, 0) is 20.7 Å². The molecule has 7 heteroatoms. The number of carbonyl (C=O) groups is 2. The number of hydrogen-bond acceptors (Lipinski definition) is 6. The standard InChI is InChI=1S/C20H26N2O3S2/c1-12-5-4-6-17(13(12)2)22-19(24)14(3)25-18(23)9-16-11-27-20(21-16)15-7-8-26-10-15/h7-8,10-14,17H,4-6,9H2,1-3H3,(H,22,24)/t12-,13+,14+,17+/m0/s1. The van der Waals surface area contributed by atoms with E-state index in [0.717, 1.165) is 23.4 Å². The Bertz CT molecular complexity index is 772. The molecule has 0 aliphatic heterocycles. The third-order valence-corrected chi connectivity index (χ3v) is 6.98. The number of carbonyl (C=O) groups excluding carboxylic acids is 2. The molecule has 1 N–H and O–H groups in total. The maximum absolute atomic E-state index is 12.4. The van der Waals surface area contributed by atoms with Crippen molar-refractivity contribution >= 4 is 34.6 Å². The van der Waals surface area contributed by atoms with Crippen LogP contribution >= 0.6 is 22.7 Å². The topological polar surface area (TPSA) is 68.3 Å². The highest BCUT2D eigenvalue weighted by Gasteiger charge is 2.30. The fraction of sp³-hybridized carbons (Fsp3) is 0.550. The van der Waals surface area contributed by atoms with E-state index in [4.69, 9.17) is 4.74 Å². The Hall–Kier alpha value is -1.73. The van der Waals surface area contributed by atoms with Crippen molar-refractivity contribution in [3.8, 4) is 10.6 Å². The van der Waals surface area contributed by atoms with Crippen molar-refractivity contribution in [1.29, 1.82) is 0 Å². The third kappa shape index (κ3) is 5.17. The second-order valence-electron chi connectivity index (χ2n) is 7.35. The zero-order valence-electron chi connectivity index (χ0n) is 15.9. The minimum absolute atomic E-state index is 0.0785. The van der Waals surface area contributed by atoms with Gasteiger partial charge in [0.15, 0.2) is 6.10 Å². The zero-order valence-corrected chi connectivity index (χ0v) is 17.6. The number of aromatic nitrogens is 1. The highest BCUT2D eigenvalue weighted by atomic mass is 32.1. The number of rotatable bonds is 6. The van der Waals surface area contributed by atoms with Crippen LogP contribution in [0.15, 0.2) is 22.2 Å². The second kappa shape index (κ2) is 8.97. The summed E-state index contributed by atoms with van der Waals surface area (Å²) in [5.74, 6) is 0.400. The lowest BCUT2D eigenvalue weighted by Crippen LogP contribution is -2.47. The summed E-state index contributed by atoms with van der Waals surface area (Å²) in [4.78, 5) is 29.1. The smallest absolute Gasteiger partial charge is 0.312 e. The van der Waals surface area contributed by atoms with Crippen molar-refractivity contribution in [2.45, 2.75) is 58.6 Å². The van der Waals surface area contributed by atoms with Crippen molar-refractivity contribution in [3.05, 3.63) is 27.9 Å². The summed E-state index contributed by atoms with van der Waals surface area (Å²) in [5, 5.41) is 9.85. The van der Waals surface area contributed by atoms with E-state index in [0.29, 0.717) is 17.5 Å². The minimum Gasteiger partial charge on any atom is -0.452 e. The van der Waals surface area contributed by atoms with Crippen molar-refractivity contribution in [3.63, 3.8) is 0 Å². The molecular weight excluding hydrogens is 380 g/mol. The van der Waals surface area contributed by atoms with E-state index >= 15 is 0 Å². The molecule has 1 saturated carbocycles. The molecular formula is C20H26N2O3S2. The lowest BCUT2D eigenvalue weighted by molar-refractivity contribution is -0.154. The molecule has 0 spiro atoms. The van der Waals surface area contributed by atoms with E-state index in [1.165, 1.54) is 17.8 Å². The summed E-state index contributed by atoms with van der Waals surface area (Å²) in [6, 6.07) is 2.17. The number of hydrogen-bond donors (Lipinski definition) is 1. The summed E-state index contributed by atoms with van der Waals surface area (Å²) in [5.41, 5.74) is 1.74. The third-order valence-electron chi connectivity index (χ3n) is 5.36. The Labute approximate surface area is 168 Å². The molecule has 0 saturated heterocycles. The number of nitrogens with zero attached hydrogens (tertiary/aromatic N) is 1. The summed E-state index contributed by atoms with van der Waals surface area (Å²) in [6.45, 7) is 6.03. The molecule has 4 atom stereocenters. The molecule has 27 heavy (non-hydrogen) atoms. The Morgan fingerprint density at radius 3 is 2.89 bits per heavy atom. The Kier molecular flexibility index (Phi) is 6.65. The summed E-state index contributed by atoms with van der Waals surface area (Å²) in [7, 11) is 0. The molecule has 1 amide bonds. The number of nitrogens with one attached hydrogen (secondary N) is 1. The molecule has 0 aromatic carbocycles. The number of amides is 1. The first kappa shape index (κ1) is 20.0. The van der Waals surface area contributed by atoms with E-state index in [-0.39, 0.29) is 18.4 Å². The van der Waals surface area contributed by atoms with Gasteiger partial charge < -0.3 is 10.1 Å². The van der Waals surface area contributed by atoms with Crippen molar-refractivity contribution in [2.24, 2.45) is 11.8 Å². The van der Waals surface area contributed by atoms with Gasteiger partial charge >= 0.3 is 5.97 Å². The predicted molar refractivity (Wildman–Crippen MR) is 109 cm³/mol. The molecule has 1 aliphatic rings. The second-order valence-corrected chi connectivity index (χ2v) is 8.99. The average molecular weight is 407 g/mol. The molecule has 0 bridgehead atoms. The Morgan fingerprint density at radius 1 is 1.33 bits per heavy atom. The van der Waals surface area contributed by atoms with Crippen LogP contribution in [0.5, 0.6) is 0 Å². The SMILES string of the molecule is C[C@@H]1[C@@H](C)CCC[C@H]1NC(=O)[C@@H](C)OC(=O)Cc1csc(-c2ccsc2)n1. The first-order valence-electron chi connectivity index (χ1n) is 9.41. The van der Waals surface area contributed by atoms with Crippen LogP contribution in [-0.4, -0.2) is 29.0 Å². The van der Waals surface area contributed by atoms with Gasteiger partial charge in [-0.1, -0.05) is 26.7 Å². The molecule has 2 aromatic rings. The first-order chi connectivity index (χ1) is 12.9. The van der Waals surface area contributed by atoms with Gasteiger partial charge in [0.1, 0.15) is 5.01 Å². The molecule has 1 fully saturated rings. The van der Waals surface area contributed by atoms with Gasteiger partial charge in [0.2, 0.25) is 0 Å². The van der Waals surface area contributed by atoms with Crippen LogP contribution in [0.1, 0.15) is 45.7 Å². The lowest BCUT2D eigenvalue weighted by atomic mass is 9.78. The van der Waals surface area contributed by atoms with E-state index in [1.54, 1.807) is 18.3 Å². The van der Waals surface area contributed by atoms with Crippen LogP contribution in [0.2, 0.25) is 0 Å². The largest absolute Gasteiger partial charge is 0.452 e. The fourth-order valence-corrected chi connectivity index (χ4v) is 4.96. The Morgan fingerprint density at radius 2 is 2.15 bits per heavy atom. The normalized spacial score (nSPS) is 23.6. The van der Waals surface area contributed by atoms with Gasteiger partial charge in [0.25, 0.3) is 5.91 Å². The maximum Gasteiger partial charge on any atom is 0.312 e. The van der Waals surface area contributed by atoms with Gasteiger partial charge in [-0.3, -0.25) is 9.59 Å². The van der Waals surface area contributed by atoms with Crippen molar-refractivity contribution in [2.75, 3.05) is 0 Å². The minimum atomic E-state index is -0.795. The molecule has 5 nitrogen and oxygen atoms in total. The highest BCUT2D eigenvalue weighted by Crippen LogP contribution is 2.29. The lowest BCUT2D eigenvalue weighted by Gasteiger charge is -2.35. The number of ether oxygens (including phenoxy) is 1. The van der Waals surface area contributed by atoms with Crippen LogP contribution in [0.4, 0.5) is 0 Å². The molecule has 0 radical (unpaired) electrons. The molecule has 1 aliphatic carbocycles. The summed E-state index contributed by atoms with van der Waals surface area (Å²) < 4.78 is 5.34. The quantitative estimate of drug-likeness (QED) is 0.727. The predicted octanol–water partition coefficient (Wildman–Crippen LogP) is 4.29. The highest BCUT2D eigenvalue weighted by molar-refractivity contribution is 7.14. The van der Waals surface area contributed by atoms with E-state index in [1.807, 2.05) is 22.2 Å². The number of thiophene rings is 1. The van der Waals surface area contributed by atoms with Crippen LogP contribution < -0.4 is 5.32 Å². The Balaban J connectivity index is 1.49. The summed E-state index contributed by atoms with van der Waals surface area (Å²) in [6.07, 6.45) is 2.61. The van der Waals surface area contributed by atoms with Crippen LogP contribution in [0.3, 0.4) is 0 Å².